The zero-order valence-corrected chi connectivity index (χ0v) is 12.4. The number of rotatable bonds is 3. The molecule has 0 heterocycles. The van der Waals surface area contributed by atoms with E-state index < -0.39 is 0 Å². The lowest BCUT2D eigenvalue weighted by Crippen LogP contribution is -1.99. The fraction of sp³-hybridized carbons (Fsp3) is 0.0588. The summed E-state index contributed by atoms with van der Waals surface area (Å²) in [6, 6.07) is 19.7. The van der Waals surface area contributed by atoms with Gasteiger partial charge in [0.05, 0.1) is 0 Å². The zero-order chi connectivity index (χ0) is 13.9. The van der Waals surface area contributed by atoms with Gasteiger partial charge in [0.2, 0.25) is 0 Å². The second-order valence-electron chi connectivity index (χ2n) is 4.66. The highest BCUT2D eigenvalue weighted by atomic mass is 79.9. The first-order valence-corrected chi connectivity index (χ1v) is 7.22. The molecule has 0 aliphatic rings. The lowest BCUT2D eigenvalue weighted by Gasteiger charge is -2.11. The molecule has 0 saturated carbocycles. The number of phenolic OH excluding ortho intramolecular Hbond substituents is 1. The van der Waals surface area contributed by atoms with E-state index in [0.29, 0.717) is 5.75 Å². The molecule has 0 unspecified atom stereocenters. The van der Waals surface area contributed by atoms with Crippen molar-refractivity contribution < 1.29 is 5.11 Å². The molecule has 2 nitrogen and oxygen atoms in total. The first kappa shape index (κ1) is 13.0. The molecular weight excluding hydrogens is 314 g/mol. The van der Waals surface area contributed by atoms with Crippen LogP contribution >= 0.6 is 15.9 Å². The minimum atomic E-state index is 0.314. The summed E-state index contributed by atoms with van der Waals surface area (Å²) in [5, 5.41) is 15.2. The minimum Gasteiger partial charge on any atom is -0.507 e. The van der Waals surface area contributed by atoms with Gasteiger partial charge in [-0.05, 0) is 29.8 Å². The summed E-state index contributed by atoms with van der Waals surface area (Å²) in [5.74, 6) is 0.314. The Labute approximate surface area is 126 Å². The van der Waals surface area contributed by atoms with Crippen LogP contribution in [0.1, 0.15) is 5.56 Å². The third-order valence-electron chi connectivity index (χ3n) is 3.27. The van der Waals surface area contributed by atoms with Gasteiger partial charge in [-0.25, -0.2) is 0 Å². The number of fused-ring (bicyclic) bond motifs is 1. The SMILES string of the molecule is Oc1cccc2c(NCc3cccc(Br)c3)cccc12. The van der Waals surface area contributed by atoms with Crippen molar-refractivity contribution in [2.75, 3.05) is 5.32 Å². The summed E-state index contributed by atoms with van der Waals surface area (Å²) < 4.78 is 1.08. The Kier molecular flexibility index (Phi) is 3.61. The van der Waals surface area contributed by atoms with Crippen LogP contribution < -0.4 is 5.32 Å². The van der Waals surface area contributed by atoms with Crippen LogP contribution in [0.5, 0.6) is 5.75 Å². The normalized spacial score (nSPS) is 10.7. The maximum absolute atomic E-state index is 9.88. The van der Waals surface area contributed by atoms with Gasteiger partial charge >= 0.3 is 0 Å². The second-order valence-corrected chi connectivity index (χ2v) is 5.58. The maximum atomic E-state index is 9.88. The Bertz CT molecular complexity index is 755. The van der Waals surface area contributed by atoms with Crippen LogP contribution in [0, 0.1) is 0 Å². The number of halogens is 1. The third-order valence-corrected chi connectivity index (χ3v) is 3.76. The molecular formula is C17H14BrNO. The summed E-state index contributed by atoms with van der Waals surface area (Å²) in [6.07, 6.45) is 0. The van der Waals surface area contributed by atoms with Crippen molar-refractivity contribution in [3.63, 3.8) is 0 Å². The van der Waals surface area contributed by atoms with Crippen molar-refractivity contribution in [2.24, 2.45) is 0 Å². The number of hydrogen-bond acceptors (Lipinski definition) is 2. The zero-order valence-electron chi connectivity index (χ0n) is 10.8. The van der Waals surface area contributed by atoms with E-state index in [1.807, 2.05) is 42.5 Å². The number of nitrogens with one attached hydrogen (secondary N) is 1. The molecule has 0 amide bonds. The Balaban J connectivity index is 1.90. The molecule has 20 heavy (non-hydrogen) atoms. The number of hydrogen-bond donors (Lipinski definition) is 2. The molecule has 0 aliphatic carbocycles. The first-order valence-electron chi connectivity index (χ1n) is 6.43. The van der Waals surface area contributed by atoms with E-state index in [1.54, 1.807) is 6.07 Å². The van der Waals surface area contributed by atoms with Gasteiger partial charge in [0.15, 0.2) is 0 Å². The van der Waals surface area contributed by atoms with Crippen LogP contribution in [-0.4, -0.2) is 5.11 Å². The minimum absolute atomic E-state index is 0.314. The Hall–Kier alpha value is -2.00. The quantitative estimate of drug-likeness (QED) is 0.715. The highest BCUT2D eigenvalue weighted by Gasteiger charge is 2.03. The average Bonchev–Trinajstić information content (AvgIpc) is 2.46. The molecule has 3 rings (SSSR count). The van der Waals surface area contributed by atoms with Gasteiger partial charge in [0.1, 0.15) is 5.75 Å². The van der Waals surface area contributed by atoms with Crippen LogP contribution in [-0.2, 0) is 6.54 Å². The van der Waals surface area contributed by atoms with E-state index >= 15 is 0 Å². The molecule has 0 aromatic heterocycles. The molecule has 0 atom stereocenters. The van der Waals surface area contributed by atoms with E-state index in [9.17, 15) is 5.11 Å². The molecule has 2 N–H and O–H groups in total. The van der Waals surface area contributed by atoms with Crippen molar-refractivity contribution in [2.45, 2.75) is 6.54 Å². The van der Waals surface area contributed by atoms with Crippen molar-refractivity contribution >= 4 is 32.4 Å². The van der Waals surface area contributed by atoms with Gasteiger partial charge in [0, 0.05) is 27.5 Å². The summed E-state index contributed by atoms with van der Waals surface area (Å²) in [7, 11) is 0. The molecule has 100 valence electrons. The Morgan fingerprint density at radius 1 is 0.900 bits per heavy atom. The first-order chi connectivity index (χ1) is 9.74. The van der Waals surface area contributed by atoms with Gasteiger partial charge in [-0.3, -0.25) is 0 Å². The summed E-state index contributed by atoms with van der Waals surface area (Å²) in [6.45, 7) is 0.744. The van der Waals surface area contributed by atoms with Crippen LogP contribution in [0.2, 0.25) is 0 Å². The number of benzene rings is 3. The molecule has 0 bridgehead atoms. The summed E-state index contributed by atoms with van der Waals surface area (Å²) >= 11 is 3.48. The van der Waals surface area contributed by atoms with Crippen molar-refractivity contribution in [1.29, 1.82) is 0 Å². The number of anilines is 1. The fourth-order valence-electron chi connectivity index (χ4n) is 2.29. The average molecular weight is 328 g/mol. The molecule has 3 aromatic rings. The van der Waals surface area contributed by atoms with Crippen molar-refractivity contribution in [3.8, 4) is 5.75 Å². The van der Waals surface area contributed by atoms with Crippen LogP contribution in [0.4, 0.5) is 5.69 Å². The topological polar surface area (TPSA) is 32.3 Å². The Morgan fingerprint density at radius 3 is 2.50 bits per heavy atom. The van der Waals surface area contributed by atoms with Crippen LogP contribution in [0.25, 0.3) is 10.8 Å². The predicted molar refractivity (Wildman–Crippen MR) is 87.1 cm³/mol. The van der Waals surface area contributed by atoms with Crippen molar-refractivity contribution in [1.82, 2.24) is 0 Å². The molecule has 3 aromatic carbocycles. The smallest absolute Gasteiger partial charge is 0.123 e. The largest absolute Gasteiger partial charge is 0.507 e. The van der Waals surface area contributed by atoms with E-state index in [0.717, 1.165) is 27.5 Å². The van der Waals surface area contributed by atoms with E-state index in [-0.39, 0.29) is 0 Å². The molecule has 0 radical (unpaired) electrons. The molecule has 0 aliphatic heterocycles. The molecule has 3 heteroatoms. The van der Waals surface area contributed by atoms with Crippen LogP contribution in [0.15, 0.2) is 65.1 Å². The maximum Gasteiger partial charge on any atom is 0.123 e. The van der Waals surface area contributed by atoms with E-state index in [1.165, 1.54) is 5.56 Å². The number of aromatic hydroxyl groups is 1. The van der Waals surface area contributed by atoms with E-state index in [4.69, 9.17) is 0 Å². The lowest BCUT2D eigenvalue weighted by molar-refractivity contribution is 0.481. The third kappa shape index (κ3) is 2.63. The number of phenols is 1. The molecule has 0 saturated heterocycles. The van der Waals surface area contributed by atoms with Crippen molar-refractivity contribution in [3.05, 3.63) is 70.7 Å². The highest BCUT2D eigenvalue weighted by Crippen LogP contribution is 2.30. The van der Waals surface area contributed by atoms with Gasteiger partial charge in [0.25, 0.3) is 0 Å². The summed E-state index contributed by atoms with van der Waals surface area (Å²) in [5.41, 5.74) is 2.23. The predicted octanol–water partition coefficient (Wildman–Crippen LogP) is 4.92. The van der Waals surface area contributed by atoms with Gasteiger partial charge in [-0.15, -0.1) is 0 Å². The highest BCUT2D eigenvalue weighted by molar-refractivity contribution is 9.10. The van der Waals surface area contributed by atoms with E-state index in [2.05, 4.69) is 33.4 Å². The van der Waals surface area contributed by atoms with Gasteiger partial charge in [-0.2, -0.15) is 0 Å². The molecule has 0 spiro atoms. The Morgan fingerprint density at radius 2 is 1.65 bits per heavy atom. The van der Waals surface area contributed by atoms with Gasteiger partial charge < -0.3 is 10.4 Å². The van der Waals surface area contributed by atoms with Gasteiger partial charge in [-0.1, -0.05) is 52.3 Å². The summed E-state index contributed by atoms with van der Waals surface area (Å²) in [4.78, 5) is 0. The molecule has 0 fully saturated rings. The fourth-order valence-corrected chi connectivity index (χ4v) is 2.74. The standard InChI is InChI=1S/C17H14BrNO/c18-13-5-1-4-12(10-13)11-19-16-8-2-7-15-14(16)6-3-9-17(15)20/h1-10,19-20H,11H2. The lowest BCUT2D eigenvalue weighted by atomic mass is 10.1. The monoisotopic (exact) mass is 327 g/mol. The van der Waals surface area contributed by atoms with Crippen LogP contribution in [0.3, 0.4) is 0 Å². The second kappa shape index (κ2) is 5.55.